The highest BCUT2D eigenvalue weighted by Crippen LogP contribution is 2.29. The van der Waals surface area contributed by atoms with Crippen LogP contribution in [0.3, 0.4) is 0 Å². The average Bonchev–Trinajstić information content (AvgIpc) is 2.85. The molecule has 4 aromatic rings. The van der Waals surface area contributed by atoms with Crippen LogP contribution in [0.25, 0.3) is 10.8 Å². The Kier molecular flexibility index (Phi) is 6.08. The van der Waals surface area contributed by atoms with Crippen LogP contribution < -0.4 is 9.64 Å². The van der Waals surface area contributed by atoms with Gasteiger partial charge in [0, 0.05) is 48.5 Å². The van der Waals surface area contributed by atoms with Gasteiger partial charge in [-0.25, -0.2) is 8.42 Å². The fraction of sp³-hybridized carbons (Fsp3) is 0.192. The van der Waals surface area contributed by atoms with Crippen molar-refractivity contribution in [1.29, 1.82) is 0 Å². The van der Waals surface area contributed by atoms with E-state index in [0.717, 1.165) is 41.2 Å². The molecule has 2 heterocycles. The molecular weight excluding hydrogens is 500 g/mol. The van der Waals surface area contributed by atoms with Crippen LogP contribution >= 0.6 is 15.9 Å². The normalized spacial score (nSPS) is 15.0. The summed E-state index contributed by atoms with van der Waals surface area (Å²) in [5.74, 6) is 0.694. The Bertz CT molecular complexity index is 1370. The Morgan fingerprint density at radius 1 is 0.818 bits per heavy atom. The topological polar surface area (TPSA) is 59.5 Å². The minimum atomic E-state index is -3.61. The van der Waals surface area contributed by atoms with E-state index < -0.39 is 9.84 Å². The van der Waals surface area contributed by atoms with Gasteiger partial charge in [-0.1, -0.05) is 28.1 Å². The van der Waals surface area contributed by atoms with Crippen molar-refractivity contribution in [3.8, 4) is 5.75 Å². The molecule has 0 bridgehead atoms. The molecule has 5 nitrogen and oxygen atoms in total. The summed E-state index contributed by atoms with van der Waals surface area (Å²) >= 11 is 3.45. The molecule has 1 fully saturated rings. The second kappa shape index (κ2) is 9.15. The maximum Gasteiger partial charge on any atom is 0.206 e. The largest absolute Gasteiger partial charge is 0.490 e. The number of anilines is 1. The van der Waals surface area contributed by atoms with Crippen molar-refractivity contribution in [2.45, 2.75) is 28.7 Å². The van der Waals surface area contributed by atoms with E-state index >= 15 is 0 Å². The number of fused-ring (bicyclic) bond motifs is 1. The lowest BCUT2D eigenvalue weighted by molar-refractivity contribution is 0.171. The van der Waals surface area contributed by atoms with E-state index in [9.17, 15) is 8.42 Å². The zero-order chi connectivity index (χ0) is 22.8. The van der Waals surface area contributed by atoms with Crippen LogP contribution in [0.15, 0.2) is 99.5 Å². The summed E-state index contributed by atoms with van der Waals surface area (Å²) < 4.78 is 33.4. The summed E-state index contributed by atoms with van der Waals surface area (Å²) in [5.41, 5.74) is 1.18. The Labute approximate surface area is 202 Å². The molecule has 1 saturated heterocycles. The number of halogens is 1. The molecule has 0 atom stereocenters. The lowest BCUT2D eigenvalue weighted by atomic mass is 10.1. The van der Waals surface area contributed by atoms with E-state index in [1.54, 1.807) is 36.4 Å². The second-order valence-electron chi connectivity index (χ2n) is 8.14. The molecular formula is C26H23BrN2O3S. The van der Waals surface area contributed by atoms with Crippen molar-refractivity contribution < 1.29 is 13.2 Å². The SMILES string of the molecule is O=S(=O)(c1ccc(OC2CCN(c3ccncc3)CC2)cc1)c1ccc2cc(Br)ccc2c1. The highest BCUT2D eigenvalue weighted by atomic mass is 79.9. The van der Waals surface area contributed by atoms with Gasteiger partial charge >= 0.3 is 0 Å². The van der Waals surface area contributed by atoms with Crippen LogP contribution in [0.2, 0.25) is 0 Å². The van der Waals surface area contributed by atoms with Crippen molar-refractivity contribution in [2.75, 3.05) is 18.0 Å². The Hall–Kier alpha value is -2.90. The molecule has 3 aromatic carbocycles. The van der Waals surface area contributed by atoms with Crippen molar-refractivity contribution in [1.82, 2.24) is 4.98 Å². The van der Waals surface area contributed by atoms with Crippen molar-refractivity contribution >= 4 is 42.2 Å². The zero-order valence-electron chi connectivity index (χ0n) is 17.9. The van der Waals surface area contributed by atoms with Gasteiger partial charge < -0.3 is 9.64 Å². The summed E-state index contributed by atoms with van der Waals surface area (Å²) in [6, 6.07) is 21.8. The van der Waals surface area contributed by atoms with Gasteiger partial charge in [-0.3, -0.25) is 4.98 Å². The molecule has 0 radical (unpaired) electrons. The van der Waals surface area contributed by atoms with Crippen LogP contribution in [-0.4, -0.2) is 32.6 Å². The fourth-order valence-corrected chi connectivity index (χ4v) is 5.85. The maximum absolute atomic E-state index is 13.2. The van der Waals surface area contributed by atoms with E-state index in [4.69, 9.17) is 4.74 Å². The van der Waals surface area contributed by atoms with Crippen molar-refractivity contribution in [2.24, 2.45) is 0 Å². The van der Waals surface area contributed by atoms with E-state index in [2.05, 4.69) is 25.8 Å². The van der Waals surface area contributed by atoms with Crippen molar-refractivity contribution in [3.05, 3.63) is 89.7 Å². The minimum Gasteiger partial charge on any atom is -0.490 e. The molecule has 5 rings (SSSR count). The van der Waals surface area contributed by atoms with E-state index in [-0.39, 0.29) is 15.9 Å². The summed E-state index contributed by atoms with van der Waals surface area (Å²) in [6.07, 6.45) is 5.56. The summed E-state index contributed by atoms with van der Waals surface area (Å²) in [7, 11) is -3.61. The van der Waals surface area contributed by atoms with Gasteiger partial charge in [-0.2, -0.15) is 0 Å². The first kappa shape index (κ1) is 21.9. The molecule has 33 heavy (non-hydrogen) atoms. The van der Waals surface area contributed by atoms with Gasteiger partial charge in [-0.05, 0) is 71.4 Å². The highest BCUT2D eigenvalue weighted by Gasteiger charge is 2.22. The predicted molar refractivity (Wildman–Crippen MR) is 134 cm³/mol. The van der Waals surface area contributed by atoms with Gasteiger partial charge in [0.1, 0.15) is 11.9 Å². The summed E-state index contributed by atoms with van der Waals surface area (Å²) in [4.78, 5) is 6.96. The van der Waals surface area contributed by atoms with Crippen LogP contribution in [0, 0.1) is 0 Å². The molecule has 0 aliphatic carbocycles. The molecule has 1 aliphatic heterocycles. The van der Waals surface area contributed by atoms with Crippen LogP contribution in [0.1, 0.15) is 12.8 Å². The monoisotopic (exact) mass is 522 g/mol. The molecule has 0 N–H and O–H groups in total. The second-order valence-corrected chi connectivity index (χ2v) is 11.0. The smallest absolute Gasteiger partial charge is 0.206 e. The number of pyridine rings is 1. The molecule has 1 aliphatic rings. The van der Waals surface area contributed by atoms with Gasteiger partial charge in [0.2, 0.25) is 9.84 Å². The molecule has 0 saturated carbocycles. The number of rotatable bonds is 5. The Morgan fingerprint density at radius 3 is 2.18 bits per heavy atom. The number of ether oxygens (including phenoxy) is 1. The number of nitrogens with zero attached hydrogens (tertiary/aromatic N) is 2. The number of piperidine rings is 1. The number of hydrogen-bond acceptors (Lipinski definition) is 5. The third-order valence-corrected chi connectivity index (χ3v) is 8.25. The predicted octanol–water partition coefficient (Wildman–Crippen LogP) is 5.88. The average molecular weight is 523 g/mol. The quantitative estimate of drug-likeness (QED) is 0.327. The fourth-order valence-electron chi connectivity index (χ4n) is 4.17. The molecule has 7 heteroatoms. The number of aromatic nitrogens is 1. The molecule has 168 valence electrons. The van der Waals surface area contributed by atoms with Crippen LogP contribution in [0.4, 0.5) is 5.69 Å². The number of sulfone groups is 1. The van der Waals surface area contributed by atoms with Crippen LogP contribution in [0.5, 0.6) is 5.75 Å². The van der Waals surface area contributed by atoms with E-state index in [1.165, 1.54) is 5.69 Å². The standard InChI is InChI=1S/C26H23BrN2O3S/c27-21-3-1-20-18-26(6-2-19(20)17-21)33(30,31)25-7-4-23(5-8-25)32-24-11-15-29(16-12-24)22-9-13-28-14-10-22/h1-10,13-14,17-18,24H,11-12,15-16H2. The number of hydrogen-bond donors (Lipinski definition) is 0. The lowest BCUT2D eigenvalue weighted by Crippen LogP contribution is -2.38. The van der Waals surface area contributed by atoms with Crippen molar-refractivity contribution in [3.63, 3.8) is 0 Å². The van der Waals surface area contributed by atoms with E-state index in [1.807, 2.05) is 48.8 Å². The molecule has 1 aromatic heterocycles. The summed E-state index contributed by atoms with van der Waals surface area (Å²) in [6.45, 7) is 1.83. The third kappa shape index (κ3) is 4.75. The van der Waals surface area contributed by atoms with Gasteiger partial charge in [0.25, 0.3) is 0 Å². The first-order valence-corrected chi connectivity index (χ1v) is 13.1. The third-order valence-electron chi connectivity index (χ3n) is 5.99. The minimum absolute atomic E-state index is 0.116. The Balaban J connectivity index is 1.26. The van der Waals surface area contributed by atoms with Crippen LogP contribution in [-0.2, 0) is 9.84 Å². The van der Waals surface area contributed by atoms with Gasteiger partial charge in [0.05, 0.1) is 9.79 Å². The number of benzene rings is 3. The van der Waals surface area contributed by atoms with E-state index in [0.29, 0.717) is 5.75 Å². The molecule has 0 amide bonds. The zero-order valence-corrected chi connectivity index (χ0v) is 20.3. The lowest BCUT2D eigenvalue weighted by Gasteiger charge is -2.33. The first-order valence-electron chi connectivity index (χ1n) is 10.9. The maximum atomic E-state index is 13.2. The first-order chi connectivity index (χ1) is 16.0. The highest BCUT2D eigenvalue weighted by molar-refractivity contribution is 9.10. The summed E-state index contributed by atoms with van der Waals surface area (Å²) in [5, 5.41) is 1.87. The van der Waals surface area contributed by atoms with Gasteiger partial charge in [0.15, 0.2) is 0 Å². The Morgan fingerprint density at radius 2 is 1.45 bits per heavy atom. The van der Waals surface area contributed by atoms with Gasteiger partial charge in [-0.15, -0.1) is 0 Å². The molecule has 0 unspecified atom stereocenters. The molecule has 0 spiro atoms.